The van der Waals surface area contributed by atoms with E-state index in [2.05, 4.69) is 9.73 Å². The highest BCUT2D eigenvalue weighted by Crippen LogP contribution is 2.19. The fourth-order valence-corrected chi connectivity index (χ4v) is 3.49. The van der Waals surface area contributed by atoms with Crippen LogP contribution in [0.1, 0.15) is 11.1 Å². The van der Waals surface area contributed by atoms with Crippen LogP contribution in [0.3, 0.4) is 0 Å². The first-order valence-electron chi connectivity index (χ1n) is 6.78. The van der Waals surface area contributed by atoms with Gasteiger partial charge in [-0.05, 0) is 31.7 Å². The van der Waals surface area contributed by atoms with Crippen molar-refractivity contribution >= 4 is 10.0 Å². The van der Waals surface area contributed by atoms with E-state index in [1.54, 1.807) is 5.01 Å². The van der Waals surface area contributed by atoms with Crippen LogP contribution in [0.5, 0.6) is 0 Å². The summed E-state index contributed by atoms with van der Waals surface area (Å²) in [6.45, 7) is 4.30. The molecule has 0 aliphatic carbocycles. The topological polar surface area (TPSA) is 78.7 Å². The maximum Gasteiger partial charge on any atom is 0.253 e. The number of aryl methyl sites for hydroxylation is 1. The van der Waals surface area contributed by atoms with E-state index in [1.165, 1.54) is 19.1 Å². The molecule has 1 aromatic carbocycles. The summed E-state index contributed by atoms with van der Waals surface area (Å²) >= 11 is 0. The summed E-state index contributed by atoms with van der Waals surface area (Å²) < 4.78 is 38.5. The van der Waals surface area contributed by atoms with Crippen LogP contribution in [0, 0.1) is 12.7 Å². The second kappa shape index (κ2) is 6.37. The van der Waals surface area contributed by atoms with Gasteiger partial charge in [0.2, 0.25) is 0 Å². The molecule has 0 radical (unpaired) electrons. The molecule has 0 bridgehead atoms. The predicted octanol–water partition coefficient (Wildman–Crippen LogP) is 0.0335. The molecule has 6 nitrogen and oxygen atoms in total. The molecule has 0 spiro atoms. The van der Waals surface area contributed by atoms with Crippen molar-refractivity contribution in [3.63, 3.8) is 0 Å². The van der Waals surface area contributed by atoms with Crippen LogP contribution in [0.15, 0.2) is 17.0 Å². The zero-order valence-electron chi connectivity index (χ0n) is 12.3. The number of hydrazine groups is 1. The minimum absolute atomic E-state index is 0.0372. The first-order valence-corrected chi connectivity index (χ1v) is 8.27. The van der Waals surface area contributed by atoms with Crippen molar-refractivity contribution in [2.24, 2.45) is 5.73 Å². The lowest BCUT2D eigenvalue weighted by atomic mass is 10.1. The van der Waals surface area contributed by atoms with Gasteiger partial charge in [-0.15, -0.1) is 4.83 Å². The average Bonchev–Trinajstić information content (AvgIpc) is 2.44. The standard InChI is InChI=1S/C13H21FN4O2S/c1-10-7-12(8-11(9-15)13(10)14)21(19,20)16-18-5-3-17(2)4-6-18/h7-8,16H,3-6,9,15H2,1-2H3. The van der Waals surface area contributed by atoms with Crippen LogP contribution in [-0.2, 0) is 16.6 Å². The monoisotopic (exact) mass is 316 g/mol. The second-order valence-corrected chi connectivity index (χ2v) is 6.96. The van der Waals surface area contributed by atoms with Gasteiger partial charge < -0.3 is 10.6 Å². The zero-order valence-corrected chi connectivity index (χ0v) is 13.1. The van der Waals surface area contributed by atoms with Crippen molar-refractivity contribution in [2.45, 2.75) is 18.4 Å². The Hall–Kier alpha value is -1.06. The molecule has 0 unspecified atom stereocenters. The molecular formula is C13H21FN4O2S. The SMILES string of the molecule is Cc1cc(S(=O)(=O)NN2CCN(C)CC2)cc(CN)c1F. The first-order chi connectivity index (χ1) is 9.83. The number of benzene rings is 1. The van der Waals surface area contributed by atoms with E-state index >= 15 is 0 Å². The summed E-state index contributed by atoms with van der Waals surface area (Å²) in [5.41, 5.74) is 5.94. The van der Waals surface area contributed by atoms with Crippen LogP contribution in [-0.4, -0.2) is 51.6 Å². The Labute approximate surface area is 124 Å². The van der Waals surface area contributed by atoms with Crippen molar-refractivity contribution in [1.82, 2.24) is 14.7 Å². The van der Waals surface area contributed by atoms with E-state index in [4.69, 9.17) is 5.73 Å². The van der Waals surface area contributed by atoms with Crippen LogP contribution in [0.25, 0.3) is 0 Å². The van der Waals surface area contributed by atoms with E-state index in [9.17, 15) is 12.8 Å². The van der Waals surface area contributed by atoms with Crippen molar-refractivity contribution in [1.29, 1.82) is 0 Å². The molecule has 118 valence electrons. The third kappa shape index (κ3) is 3.78. The lowest BCUT2D eigenvalue weighted by molar-refractivity contribution is 0.135. The molecule has 0 amide bonds. The number of halogens is 1. The number of rotatable bonds is 4. The van der Waals surface area contributed by atoms with Crippen molar-refractivity contribution in [2.75, 3.05) is 33.2 Å². The number of hydrogen-bond donors (Lipinski definition) is 2. The highest BCUT2D eigenvalue weighted by Gasteiger charge is 2.23. The third-order valence-corrected chi connectivity index (χ3v) is 4.94. The van der Waals surface area contributed by atoms with Gasteiger partial charge in [-0.3, -0.25) is 0 Å². The average molecular weight is 316 g/mol. The minimum Gasteiger partial charge on any atom is -0.326 e. The lowest BCUT2D eigenvalue weighted by Gasteiger charge is -2.32. The van der Waals surface area contributed by atoms with Crippen LogP contribution in [0.4, 0.5) is 4.39 Å². The van der Waals surface area contributed by atoms with E-state index < -0.39 is 15.8 Å². The number of nitrogens with zero attached hydrogens (tertiary/aromatic N) is 2. The smallest absolute Gasteiger partial charge is 0.253 e. The predicted molar refractivity (Wildman–Crippen MR) is 78.4 cm³/mol. The quantitative estimate of drug-likeness (QED) is 0.820. The fourth-order valence-electron chi connectivity index (χ4n) is 2.23. The Kier molecular flexibility index (Phi) is 4.95. The molecule has 2 rings (SSSR count). The Morgan fingerprint density at radius 2 is 1.90 bits per heavy atom. The molecule has 1 heterocycles. The normalized spacial score (nSPS) is 18.1. The molecular weight excluding hydrogens is 295 g/mol. The Morgan fingerprint density at radius 1 is 1.29 bits per heavy atom. The molecule has 1 aliphatic heterocycles. The molecule has 0 aromatic heterocycles. The number of nitrogens with one attached hydrogen (secondary N) is 1. The number of hydrogen-bond acceptors (Lipinski definition) is 5. The summed E-state index contributed by atoms with van der Waals surface area (Å²) in [5.74, 6) is -0.448. The number of piperazine rings is 1. The Bertz CT molecular complexity index is 613. The number of sulfonamides is 1. The van der Waals surface area contributed by atoms with Gasteiger partial charge in [0.25, 0.3) is 10.0 Å². The summed E-state index contributed by atoms with van der Waals surface area (Å²) in [7, 11) is -1.73. The maximum atomic E-state index is 13.8. The second-order valence-electron chi connectivity index (χ2n) is 5.30. The van der Waals surface area contributed by atoms with Crippen molar-refractivity contribution in [3.05, 3.63) is 29.1 Å². The summed E-state index contributed by atoms with van der Waals surface area (Å²) in [6, 6.07) is 2.62. The first kappa shape index (κ1) is 16.3. The summed E-state index contributed by atoms with van der Waals surface area (Å²) in [4.78, 5) is 4.71. The largest absolute Gasteiger partial charge is 0.326 e. The molecule has 1 fully saturated rings. The molecule has 0 saturated carbocycles. The van der Waals surface area contributed by atoms with Gasteiger partial charge in [-0.25, -0.2) is 17.8 Å². The van der Waals surface area contributed by atoms with Crippen LogP contribution in [0.2, 0.25) is 0 Å². The molecule has 1 saturated heterocycles. The Balaban J connectivity index is 2.21. The zero-order chi connectivity index (χ0) is 15.6. The van der Waals surface area contributed by atoms with Gasteiger partial charge in [0.05, 0.1) is 4.90 Å². The molecule has 1 aromatic rings. The Morgan fingerprint density at radius 3 is 2.48 bits per heavy atom. The van der Waals surface area contributed by atoms with Crippen molar-refractivity contribution < 1.29 is 12.8 Å². The van der Waals surface area contributed by atoms with Gasteiger partial charge >= 0.3 is 0 Å². The van der Waals surface area contributed by atoms with E-state index in [0.29, 0.717) is 13.1 Å². The minimum atomic E-state index is -3.71. The molecule has 8 heteroatoms. The molecule has 3 N–H and O–H groups in total. The summed E-state index contributed by atoms with van der Waals surface area (Å²) in [6.07, 6.45) is 0. The van der Waals surface area contributed by atoms with Crippen LogP contribution >= 0.6 is 0 Å². The van der Waals surface area contributed by atoms with E-state index in [0.717, 1.165) is 13.1 Å². The van der Waals surface area contributed by atoms with Crippen molar-refractivity contribution in [3.8, 4) is 0 Å². The van der Waals surface area contributed by atoms with Gasteiger partial charge in [0.1, 0.15) is 5.82 Å². The highest BCUT2D eigenvalue weighted by molar-refractivity contribution is 7.89. The van der Waals surface area contributed by atoms with Crippen LogP contribution < -0.4 is 10.6 Å². The van der Waals surface area contributed by atoms with E-state index in [1.807, 2.05) is 7.05 Å². The number of likely N-dealkylation sites (N-methyl/N-ethyl adjacent to an activating group) is 1. The molecule has 0 atom stereocenters. The number of nitrogens with two attached hydrogens (primary N) is 1. The van der Waals surface area contributed by atoms with Gasteiger partial charge in [0.15, 0.2) is 0 Å². The van der Waals surface area contributed by atoms with Gasteiger partial charge in [-0.2, -0.15) is 0 Å². The van der Waals surface area contributed by atoms with Gasteiger partial charge in [0, 0.05) is 38.3 Å². The molecule has 21 heavy (non-hydrogen) atoms. The maximum absolute atomic E-state index is 13.8. The van der Waals surface area contributed by atoms with Gasteiger partial charge in [-0.1, -0.05) is 0 Å². The molecule has 1 aliphatic rings. The third-order valence-electron chi connectivity index (χ3n) is 3.59. The fraction of sp³-hybridized carbons (Fsp3) is 0.538. The van der Waals surface area contributed by atoms with E-state index in [-0.39, 0.29) is 22.6 Å². The summed E-state index contributed by atoms with van der Waals surface area (Å²) in [5, 5.41) is 1.66. The highest BCUT2D eigenvalue weighted by atomic mass is 32.2. The lowest BCUT2D eigenvalue weighted by Crippen LogP contribution is -2.52.